The predicted octanol–water partition coefficient (Wildman–Crippen LogP) is 4.37. The van der Waals surface area contributed by atoms with Crippen LogP contribution in [0.1, 0.15) is 60.3 Å². The van der Waals surface area contributed by atoms with E-state index in [0.717, 1.165) is 18.3 Å². The van der Waals surface area contributed by atoms with E-state index in [2.05, 4.69) is 27.7 Å². The third-order valence-electron chi connectivity index (χ3n) is 6.87. The number of rotatable bonds is 1. The minimum Gasteiger partial charge on any atom is -0.295 e. The Balaban J connectivity index is 2.15. The molecule has 0 aromatic rings. The monoisotopic (exact) mass is 246 g/mol. The van der Waals surface area contributed by atoms with Crippen LogP contribution in [0.5, 0.6) is 0 Å². The number of carbonyl (C=O) groups excluding carboxylic acids is 1. The SMILES string of the molecule is CC(=O)C1=C(C)[C@H]2C[C@]3(C1)[C@H](C)CC[C@@H]3C2(C)C. The Bertz CT molecular complexity index is 443. The lowest BCUT2D eigenvalue weighted by molar-refractivity contribution is -0.114. The second-order valence-corrected chi connectivity index (χ2v) is 7.74. The molecule has 0 heterocycles. The molecule has 0 radical (unpaired) electrons. The van der Waals surface area contributed by atoms with Gasteiger partial charge in [0.05, 0.1) is 0 Å². The number of allylic oxidation sites excluding steroid dienone is 2. The number of ketones is 1. The van der Waals surface area contributed by atoms with Crippen LogP contribution >= 0.6 is 0 Å². The summed E-state index contributed by atoms with van der Waals surface area (Å²) in [4.78, 5) is 12.0. The molecular formula is C17H26O. The highest BCUT2D eigenvalue weighted by atomic mass is 16.1. The zero-order valence-corrected chi connectivity index (χ0v) is 12.5. The minimum atomic E-state index is 0.326. The van der Waals surface area contributed by atoms with E-state index >= 15 is 0 Å². The summed E-state index contributed by atoms with van der Waals surface area (Å²) >= 11 is 0. The molecule has 2 saturated carbocycles. The molecule has 1 nitrogen and oxygen atoms in total. The van der Waals surface area contributed by atoms with E-state index in [4.69, 9.17) is 0 Å². The van der Waals surface area contributed by atoms with Crippen molar-refractivity contribution in [1.82, 2.24) is 0 Å². The van der Waals surface area contributed by atoms with Crippen LogP contribution in [-0.4, -0.2) is 5.78 Å². The molecule has 3 aliphatic carbocycles. The first kappa shape index (κ1) is 12.4. The Hall–Kier alpha value is -0.590. The van der Waals surface area contributed by atoms with Gasteiger partial charge in [0.2, 0.25) is 0 Å². The molecule has 0 amide bonds. The van der Waals surface area contributed by atoms with Crippen LogP contribution in [0.2, 0.25) is 0 Å². The van der Waals surface area contributed by atoms with Gasteiger partial charge < -0.3 is 0 Å². The summed E-state index contributed by atoms with van der Waals surface area (Å²) in [5.74, 6) is 2.61. The molecule has 0 aromatic heterocycles. The molecule has 2 fully saturated rings. The van der Waals surface area contributed by atoms with Gasteiger partial charge in [0.15, 0.2) is 5.78 Å². The second kappa shape index (κ2) is 3.49. The molecule has 3 rings (SSSR count). The molecule has 0 saturated heterocycles. The van der Waals surface area contributed by atoms with Gasteiger partial charge in [-0.15, -0.1) is 0 Å². The smallest absolute Gasteiger partial charge is 0.155 e. The van der Waals surface area contributed by atoms with Gasteiger partial charge in [0.1, 0.15) is 0 Å². The zero-order chi connectivity index (χ0) is 13.3. The van der Waals surface area contributed by atoms with Gasteiger partial charge in [-0.3, -0.25) is 4.79 Å². The van der Waals surface area contributed by atoms with Crippen LogP contribution in [-0.2, 0) is 4.79 Å². The van der Waals surface area contributed by atoms with Crippen LogP contribution in [0.25, 0.3) is 0 Å². The van der Waals surface area contributed by atoms with Crippen molar-refractivity contribution >= 4 is 5.78 Å². The quantitative estimate of drug-likeness (QED) is 0.671. The molecule has 0 aliphatic heterocycles. The number of hydrogen-bond donors (Lipinski definition) is 0. The van der Waals surface area contributed by atoms with Gasteiger partial charge in [-0.05, 0) is 73.7 Å². The minimum absolute atomic E-state index is 0.326. The lowest BCUT2D eigenvalue weighted by Gasteiger charge is -2.38. The summed E-state index contributed by atoms with van der Waals surface area (Å²) < 4.78 is 0. The molecule has 0 N–H and O–H groups in total. The molecule has 0 aromatic carbocycles. The number of fused-ring (bicyclic) bond motifs is 1. The third kappa shape index (κ3) is 1.26. The fourth-order valence-electron chi connectivity index (χ4n) is 5.84. The van der Waals surface area contributed by atoms with Crippen LogP contribution < -0.4 is 0 Å². The van der Waals surface area contributed by atoms with E-state index < -0.39 is 0 Å². The van der Waals surface area contributed by atoms with E-state index in [1.54, 1.807) is 6.92 Å². The van der Waals surface area contributed by atoms with E-state index in [-0.39, 0.29) is 0 Å². The van der Waals surface area contributed by atoms with Gasteiger partial charge in [-0.1, -0.05) is 26.3 Å². The third-order valence-corrected chi connectivity index (χ3v) is 6.87. The largest absolute Gasteiger partial charge is 0.295 e. The molecule has 0 unspecified atom stereocenters. The van der Waals surface area contributed by atoms with Gasteiger partial charge in [-0.2, -0.15) is 0 Å². The zero-order valence-electron chi connectivity index (χ0n) is 12.5. The van der Waals surface area contributed by atoms with Gasteiger partial charge in [0.25, 0.3) is 0 Å². The predicted molar refractivity (Wildman–Crippen MR) is 74.2 cm³/mol. The summed E-state index contributed by atoms with van der Waals surface area (Å²) in [5.41, 5.74) is 3.44. The maximum absolute atomic E-state index is 12.0. The maximum atomic E-state index is 12.0. The summed E-state index contributed by atoms with van der Waals surface area (Å²) in [6.45, 7) is 11.3. The molecule has 2 bridgehead atoms. The lowest BCUT2D eigenvalue weighted by Crippen LogP contribution is -2.32. The molecule has 4 atom stereocenters. The average molecular weight is 246 g/mol. The summed E-state index contributed by atoms with van der Waals surface area (Å²) in [6, 6.07) is 0. The maximum Gasteiger partial charge on any atom is 0.155 e. The fourth-order valence-corrected chi connectivity index (χ4v) is 5.84. The number of carbonyl (C=O) groups is 1. The number of Topliss-reactive ketones (excluding diaryl/α,β-unsaturated/α-hetero) is 1. The lowest BCUT2D eigenvalue weighted by atomic mass is 9.65. The Morgan fingerprint density at radius 1 is 1.28 bits per heavy atom. The van der Waals surface area contributed by atoms with E-state index in [1.165, 1.54) is 30.4 Å². The first-order chi connectivity index (χ1) is 8.30. The van der Waals surface area contributed by atoms with Crippen LogP contribution in [0.15, 0.2) is 11.1 Å². The topological polar surface area (TPSA) is 17.1 Å². The van der Waals surface area contributed by atoms with E-state index in [0.29, 0.717) is 22.5 Å². The first-order valence-electron chi connectivity index (χ1n) is 7.51. The Morgan fingerprint density at radius 2 is 1.94 bits per heavy atom. The van der Waals surface area contributed by atoms with Gasteiger partial charge in [-0.25, -0.2) is 0 Å². The molecule has 1 heteroatoms. The number of hydrogen-bond acceptors (Lipinski definition) is 1. The highest BCUT2D eigenvalue weighted by Crippen LogP contribution is 2.72. The van der Waals surface area contributed by atoms with E-state index in [1.807, 2.05) is 0 Å². The Kier molecular flexibility index (Phi) is 2.41. The van der Waals surface area contributed by atoms with Crippen molar-refractivity contribution in [3.8, 4) is 0 Å². The van der Waals surface area contributed by atoms with Crippen molar-refractivity contribution in [3.63, 3.8) is 0 Å². The van der Waals surface area contributed by atoms with Gasteiger partial charge in [0, 0.05) is 0 Å². The second-order valence-electron chi connectivity index (χ2n) is 7.74. The molecule has 3 aliphatic rings. The van der Waals surface area contributed by atoms with Crippen molar-refractivity contribution < 1.29 is 4.79 Å². The normalized spacial score (nSPS) is 45.3. The van der Waals surface area contributed by atoms with Crippen LogP contribution in [0, 0.1) is 28.6 Å². The Morgan fingerprint density at radius 3 is 2.56 bits per heavy atom. The van der Waals surface area contributed by atoms with Crippen molar-refractivity contribution in [2.24, 2.45) is 28.6 Å². The van der Waals surface area contributed by atoms with Crippen molar-refractivity contribution in [1.29, 1.82) is 0 Å². The molecule has 18 heavy (non-hydrogen) atoms. The van der Waals surface area contributed by atoms with E-state index in [9.17, 15) is 4.79 Å². The van der Waals surface area contributed by atoms with Crippen LogP contribution in [0.4, 0.5) is 0 Å². The molecular weight excluding hydrogens is 220 g/mol. The Labute approximate surface area is 111 Å². The summed E-state index contributed by atoms with van der Waals surface area (Å²) in [7, 11) is 0. The molecule has 100 valence electrons. The first-order valence-corrected chi connectivity index (χ1v) is 7.51. The van der Waals surface area contributed by atoms with Crippen LogP contribution in [0.3, 0.4) is 0 Å². The van der Waals surface area contributed by atoms with Crippen molar-refractivity contribution in [2.75, 3.05) is 0 Å². The molecule has 1 spiro atoms. The fraction of sp³-hybridized carbons (Fsp3) is 0.824. The average Bonchev–Trinajstić information content (AvgIpc) is 2.68. The highest BCUT2D eigenvalue weighted by Gasteiger charge is 2.64. The van der Waals surface area contributed by atoms with Crippen molar-refractivity contribution in [2.45, 2.75) is 60.3 Å². The highest BCUT2D eigenvalue weighted by molar-refractivity contribution is 5.94. The summed E-state index contributed by atoms with van der Waals surface area (Å²) in [5, 5.41) is 0. The standard InChI is InChI=1S/C17H26O/c1-10-6-7-15-16(4,5)14-9-17(10,15)8-13(11(14)2)12(3)18/h10,14-15H,6-9H2,1-5H3/t10-,14-,15-,17-/m1/s1. The summed E-state index contributed by atoms with van der Waals surface area (Å²) in [6.07, 6.45) is 5.16. The van der Waals surface area contributed by atoms with Gasteiger partial charge >= 0.3 is 0 Å². The van der Waals surface area contributed by atoms with Crippen molar-refractivity contribution in [3.05, 3.63) is 11.1 Å².